The Morgan fingerprint density at radius 3 is 3.14 bits per heavy atom. The largest absolute Gasteiger partial charge is 0.355 e. The molecule has 2 aromatic rings. The van der Waals surface area contributed by atoms with Crippen molar-refractivity contribution >= 4 is 5.91 Å². The molecule has 2 heterocycles. The van der Waals surface area contributed by atoms with Gasteiger partial charge in [0.15, 0.2) is 5.82 Å². The zero-order valence-electron chi connectivity index (χ0n) is 12.3. The van der Waals surface area contributed by atoms with Gasteiger partial charge in [-0.15, -0.1) is 0 Å². The first-order valence-electron chi connectivity index (χ1n) is 7.57. The third-order valence-corrected chi connectivity index (χ3v) is 3.75. The minimum absolute atomic E-state index is 0.116. The summed E-state index contributed by atoms with van der Waals surface area (Å²) in [7, 11) is 0. The quantitative estimate of drug-likeness (QED) is 0.825. The van der Waals surface area contributed by atoms with E-state index in [1.54, 1.807) is 12.4 Å². The van der Waals surface area contributed by atoms with Gasteiger partial charge in [0.25, 0.3) is 0 Å². The summed E-state index contributed by atoms with van der Waals surface area (Å²) in [6, 6.07) is 3.77. The van der Waals surface area contributed by atoms with Gasteiger partial charge in [0.2, 0.25) is 5.91 Å². The molecule has 1 aliphatic carbocycles. The van der Waals surface area contributed by atoms with Crippen LogP contribution in [0.15, 0.2) is 36.7 Å². The van der Waals surface area contributed by atoms with E-state index >= 15 is 0 Å². The Morgan fingerprint density at radius 2 is 2.36 bits per heavy atom. The minimum atomic E-state index is 0.116. The average molecular weight is 297 g/mol. The standard InChI is InChI=1S/C16H19N5O/c22-16(12-5-2-1-3-6-12)18-10-8-14-19-15(21-20-14)13-7-4-9-17-11-13/h1-2,4,7,9,11-12H,3,5-6,8,10H2,(H,18,22)(H,19,20,21)/t12-/m0/s1. The summed E-state index contributed by atoms with van der Waals surface area (Å²) in [6.07, 6.45) is 11.1. The number of H-pyrrole nitrogens is 1. The SMILES string of the molecule is O=C(NCCc1nc(-c2cccnc2)n[nH]1)[C@H]1CC=CCC1. The summed E-state index contributed by atoms with van der Waals surface area (Å²) in [4.78, 5) is 20.5. The minimum Gasteiger partial charge on any atom is -0.355 e. The van der Waals surface area contributed by atoms with Gasteiger partial charge in [-0.05, 0) is 31.4 Å². The molecule has 2 N–H and O–H groups in total. The van der Waals surface area contributed by atoms with Crippen molar-refractivity contribution in [1.82, 2.24) is 25.5 Å². The van der Waals surface area contributed by atoms with Crippen LogP contribution in [-0.2, 0) is 11.2 Å². The smallest absolute Gasteiger partial charge is 0.223 e. The number of carbonyl (C=O) groups is 1. The Kier molecular flexibility index (Phi) is 4.58. The highest BCUT2D eigenvalue weighted by Crippen LogP contribution is 2.18. The number of hydrogen-bond donors (Lipinski definition) is 2. The van der Waals surface area contributed by atoms with E-state index in [4.69, 9.17) is 0 Å². The summed E-state index contributed by atoms with van der Waals surface area (Å²) < 4.78 is 0. The molecule has 1 atom stereocenters. The van der Waals surface area contributed by atoms with Gasteiger partial charge in [0, 0.05) is 36.8 Å². The third-order valence-electron chi connectivity index (χ3n) is 3.75. The molecule has 3 rings (SSSR count). The normalized spacial score (nSPS) is 17.4. The number of hydrogen-bond acceptors (Lipinski definition) is 4. The lowest BCUT2D eigenvalue weighted by atomic mass is 9.94. The Labute approximate surface area is 129 Å². The molecule has 0 spiro atoms. The molecule has 22 heavy (non-hydrogen) atoms. The predicted molar refractivity (Wildman–Crippen MR) is 82.8 cm³/mol. The van der Waals surface area contributed by atoms with Gasteiger partial charge < -0.3 is 5.32 Å². The zero-order chi connectivity index (χ0) is 15.2. The number of aromatic amines is 1. The van der Waals surface area contributed by atoms with Crippen LogP contribution < -0.4 is 5.32 Å². The molecule has 0 radical (unpaired) electrons. The van der Waals surface area contributed by atoms with Crippen molar-refractivity contribution in [3.05, 3.63) is 42.5 Å². The van der Waals surface area contributed by atoms with Gasteiger partial charge in [0.1, 0.15) is 5.82 Å². The lowest BCUT2D eigenvalue weighted by molar-refractivity contribution is -0.125. The molecule has 0 aromatic carbocycles. The molecular weight excluding hydrogens is 278 g/mol. The average Bonchev–Trinajstić information content (AvgIpc) is 3.05. The summed E-state index contributed by atoms with van der Waals surface area (Å²) in [6.45, 7) is 0.570. The van der Waals surface area contributed by atoms with E-state index in [-0.39, 0.29) is 11.8 Å². The number of pyridine rings is 1. The maximum absolute atomic E-state index is 12.0. The Bertz CT molecular complexity index is 650. The summed E-state index contributed by atoms with van der Waals surface area (Å²) in [5, 5.41) is 10.1. The molecule has 6 nitrogen and oxygen atoms in total. The molecule has 1 amide bonds. The lowest BCUT2D eigenvalue weighted by Crippen LogP contribution is -2.32. The van der Waals surface area contributed by atoms with Gasteiger partial charge in [-0.1, -0.05) is 12.2 Å². The lowest BCUT2D eigenvalue weighted by Gasteiger charge is -2.16. The number of nitrogens with one attached hydrogen (secondary N) is 2. The maximum Gasteiger partial charge on any atom is 0.223 e. The number of rotatable bonds is 5. The molecular formula is C16H19N5O. The number of carbonyl (C=O) groups excluding carboxylic acids is 1. The van der Waals surface area contributed by atoms with Crippen LogP contribution in [0.5, 0.6) is 0 Å². The van der Waals surface area contributed by atoms with Gasteiger partial charge in [-0.2, -0.15) is 5.10 Å². The summed E-state index contributed by atoms with van der Waals surface area (Å²) >= 11 is 0. The van der Waals surface area contributed by atoms with Crippen LogP contribution in [0.25, 0.3) is 11.4 Å². The van der Waals surface area contributed by atoms with Gasteiger partial charge in [-0.25, -0.2) is 4.98 Å². The second-order valence-corrected chi connectivity index (χ2v) is 5.37. The fraction of sp³-hybridized carbons (Fsp3) is 0.375. The first-order chi connectivity index (χ1) is 10.8. The highest BCUT2D eigenvalue weighted by Gasteiger charge is 2.18. The van der Waals surface area contributed by atoms with Crippen LogP contribution >= 0.6 is 0 Å². The molecule has 2 aromatic heterocycles. The fourth-order valence-corrected chi connectivity index (χ4v) is 2.51. The molecule has 0 aliphatic heterocycles. The summed E-state index contributed by atoms with van der Waals surface area (Å²) in [5.74, 6) is 1.65. The van der Waals surface area contributed by atoms with Gasteiger partial charge >= 0.3 is 0 Å². The number of nitrogens with zero attached hydrogens (tertiary/aromatic N) is 3. The molecule has 0 saturated heterocycles. The number of aromatic nitrogens is 4. The molecule has 6 heteroatoms. The van der Waals surface area contributed by atoms with E-state index in [0.717, 1.165) is 30.7 Å². The monoisotopic (exact) mass is 297 g/mol. The van der Waals surface area contributed by atoms with Crippen molar-refractivity contribution in [2.75, 3.05) is 6.54 Å². The second-order valence-electron chi connectivity index (χ2n) is 5.37. The van der Waals surface area contributed by atoms with Gasteiger partial charge in [0.05, 0.1) is 0 Å². The van der Waals surface area contributed by atoms with Crippen molar-refractivity contribution < 1.29 is 4.79 Å². The van der Waals surface area contributed by atoms with Gasteiger partial charge in [-0.3, -0.25) is 14.9 Å². The van der Waals surface area contributed by atoms with Crippen molar-refractivity contribution in [2.24, 2.45) is 5.92 Å². The second kappa shape index (κ2) is 6.98. The Morgan fingerprint density at radius 1 is 1.41 bits per heavy atom. The maximum atomic E-state index is 12.0. The van der Waals surface area contributed by atoms with E-state index in [0.29, 0.717) is 18.8 Å². The van der Waals surface area contributed by atoms with E-state index in [9.17, 15) is 4.79 Å². The predicted octanol–water partition coefficient (Wildman–Crippen LogP) is 1.88. The first-order valence-corrected chi connectivity index (χ1v) is 7.57. The van der Waals surface area contributed by atoms with Crippen LogP contribution in [-0.4, -0.2) is 32.6 Å². The Balaban J connectivity index is 1.49. The van der Waals surface area contributed by atoms with Crippen LogP contribution in [0.3, 0.4) is 0 Å². The van der Waals surface area contributed by atoms with E-state index in [1.807, 2.05) is 12.1 Å². The molecule has 0 bridgehead atoms. The third kappa shape index (κ3) is 3.58. The molecule has 0 saturated carbocycles. The number of amides is 1. The van der Waals surface area contributed by atoms with Crippen LogP contribution in [0.2, 0.25) is 0 Å². The van der Waals surface area contributed by atoms with Crippen LogP contribution in [0, 0.1) is 5.92 Å². The van der Waals surface area contributed by atoms with Crippen LogP contribution in [0.1, 0.15) is 25.1 Å². The fourth-order valence-electron chi connectivity index (χ4n) is 2.51. The highest BCUT2D eigenvalue weighted by atomic mass is 16.1. The van der Waals surface area contributed by atoms with Crippen molar-refractivity contribution in [3.8, 4) is 11.4 Å². The van der Waals surface area contributed by atoms with E-state index in [1.165, 1.54) is 0 Å². The zero-order valence-corrected chi connectivity index (χ0v) is 12.3. The first kappa shape index (κ1) is 14.4. The van der Waals surface area contributed by atoms with Crippen molar-refractivity contribution in [3.63, 3.8) is 0 Å². The topological polar surface area (TPSA) is 83.6 Å². The van der Waals surface area contributed by atoms with E-state index < -0.39 is 0 Å². The molecule has 0 fully saturated rings. The molecule has 0 unspecified atom stereocenters. The van der Waals surface area contributed by atoms with Crippen molar-refractivity contribution in [2.45, 2.75) is 25.7 Å². The molecule has 1 aliphatic rings. The number of allylic oxidation sites excluding steroid dienone is 2. The van der Waals surface area contributed by atoms with Crippen molar-refractivity contribution in [1.29, 1.82) is 0 Å². The van der Waals surface area contributed by atoms with Crippen LogP contribution in [0.4, 0.5) is 0 Å². The molecule has 114 valence electrons. The van der Waals surface area contributed by atoms with E-state index in [2.05, 4.69) is 37.6 Å². The Hall–Kier alpha value is -2.50. The summed E-state index contributed by atoms with van der Waals surface area (Å²) in [5.41, 5.74) is 0.878. The highest BCUT2D eigenvalue weighted by molar-refractivity contribution is 5.78.